The molecule has 1 aliphatic heterocycles. The maximum atomic E-state index is 9.93. The minimum absolute atomic E-state index is 0.000384. The van der Waals surface area contributed by atoms with Gasteiger partial charge in [0.25, 0.3) is 0 Å². The van der Waals surface area contributed by atoms with Gasteiger partial charge in [-0.15, -0.1) is 0 Å². The van der Waals surface area contributed by atoms with Gasteiger partial charge in [0.2, 0.25) is 0 Å². The molecule has 0 unspecified atom stereocenters. The molecular weight excluding hydrogens is 278 g/mol. The van der Waals surface area contributed by atoms with E-state index in [-0.39, 0.29) is 12.0 Å². The van der Waals surface area contributed by atoms with Gasteiger partial charge in [-0.1, -0.05) is 13.3 Å². The van der Waals surface area contributed by atoms with Crippen molar-refractivity contribution in [3.05, 3.63) is 12.0 Å². The Hall–Kier alpha value is -1.69. The molecule has 2 aromatic rings. The summed E-state index contributed by atoms with van der Waals surface area (Å²) in [6, 6.07) is 0. The Bertz CT molecular complexity index is 664. The van der Waals surface area contributed by atoms with E-state index in [4.69, 9.17) is 0 Å². The Balaban J connectivity index is 2.00. The fourth-order valence-corrected chi connectivity index (χ4v) is 3.83. The molecule has 1 aliphatic rings. The molecule has 3 rings (SSSR count). The smallest absolute Gasteiger partial charge is 0.163 e. The van der Waals surface area contributed by atoms with Gasteiger partial charge < -0.3 is 10.0 Å². The van der Waals surface area contributed by atoms with Crippen LogP contribution >= 0.6 is 0 Å². The van der Waals surface area contributed by atoms with Crippen molar-refractivity contribution in [1.82, 2.24) is 19.7 Å². The third-order valence-electron chi connectivity index (χ3n) is 4.85. The fraction of sp³-hybridized carbons (Fsp3) is 0.688. The van der Waals surface area contributed by atoms with Gasteiger partial charge in [0.05, 0.1) is 17.7 Å². The van der Waals surface area contributed by atoms with Crippen molar-refractivity contribution in [3.63, 3.8) is 0 Å². The maximum absolute atomic E-state index is 9.93. The van der Waals surface area contributed by atoms with Gasteiger partial charge in [0.15, 0.2) is 5.65 Å². The lowest BCUT2D eigenvalue weighted by molar-refractivity contribution is 0.0953. The Morgan fingerprint density at radius 3 is 2.91 bits per heavy atom. The predicted octanol–water partition coefficient (Wildman–Crippen LogP) is 2.05. The lowest BCUT2D eigenvalue weighted by atomic mass is 9.77. The molecule has 1 saturated heterocycles. The predicted molar refractivity (Wildman–Crippen MR) is 86.9 cm³/mol. The van der Waals surface area contributed by atoms with Gasteiger partial charge >= 0.3 is 0 Å². The van der Waals surface area contributed by atoms with Crippen LogP contribution in [0.15, 0.2) is 6.33 Å². The normalized spacial score (nSPS) is 22.5. The number of fused-ring (bicyclic) bond motifs is 1. The fourth-order valence-electron chi connectivity index (χ4n) is 3.83. The first-order valence-electron chi connectivity index (χ1n) is 8.10. The molecular formula is C16H25N5O. The van der Waals surface area contributed by atoms with E-state index >= 15 is 0 Å². The van der Waals surface area contributed by atoms with Gasteiger partial charge in [-0.2, -0.15) is 5.10 Å². The Morgan fingerprint density at radius 2 is 2.18 bits per heavy atom. The molecule has 0 aromatic carbocycles. The summed E-state index contributed by atoms with van der Waals surface area (Å²) < 4.78 is 1.81. The van der Waals surface area contributed by atoms with Gasteiger partial charge in [-0.25, -0.2) is 9.97 Å². The van der Waals surface area contributed by atoms with Crippen LogP contribution in [0.5, 0.6) is 0 Å². The third kappa shape index (κ3) is 2.45. The van der Waals surface area contributed by atoms with E-state index in [0.717, 1.165) is 61.3 Å². The summed E-state index contributed by atoms with van der Waals surface area (Å²) in [5.41, 5.74) is 1.84. The van der Waals surface area contributed by atoms with Crippen LogP contribution in [0.3, 0.4) is 0 Å². The Kier molecular flexibility index (Phi) is 4.04. The number of rotatable bonds is 4. The van der Waals surface area contributed by atoms with Gasteiger partial charge in [0.1, 0.15) is 12.1 Å². The van der Waals surface area contributed by atoms with E-state index < -0.39 is 0 Å². The number of hydrogen-bond donors (Lipinski definition) is 1. The number of aromatic nitrogens is 4. The number of nitrogens with zero attached hydrogens (tertiary/aromatic N) is 5. The molecule has 1 N–H and O–H groups in total. The quantitative estimate of drug-likeness (QED) is 0.936. The minimum atomic E-state index is 0.000384. The van der Waals surface area contributed by atoms with Crippen molar-refractivity contribution < 1.29 is 5.11 Å². The minimum Gasteiger partial charge on any atom is -0.396 e. The molecule has 2 aromatic heterocycles. The van der Waals surface area contributed by atoms with Crippen LogP contribution in [-0.4, -0.2) is 44.6 Å². The van der Waals surface area contributed by atoms with E-state index in [1.807, 2.05) is 18.7 Å². The van der Waals surface area contributed by atoms with Crippen LogP contribution in [0.25, 0.3) is 11.0 Å². The van der Waals surface area contributed by atoms with E-state index in [0.29, 0.717) is 0 Å². The molecule has 1 atom stereocenters. The maximum Gasteiger partial charge on any atom is 0.163 e. The number of piperidine rings is 1. The number of aliphatic hydroxyl groups is 1. The summed E-state index contributed by atoms with van der Waals surface area (Å²) in [6.07, 6.45) is 5.95. The molecule has 6 heteroatoms. The number of aliphatic hydroxyl groups excluding tert-OH is 1. The van der Waals surface area contributed by atoms with E-state index in [1.54, 1.807) is 6.33 Å². The molecule has 0 radical (unpaired) electrons. The first-order valence-corrected chi connectivity index (χ1v) is 8.10. The summed E-state index contributed by atoms with van der Waals surface area (Å²) in [7, 11) is 1.91. The van der Waals surface area contributed by atoms with Crippen LogP contribution in [0.2, 0.25) is 0 Å². The largest absolute Gasteiger partial charge is 0.396 e. The summed E-state index contributed by atoms with van der Waals surface area (Å²) in [4.78, 5) is 11.2. The zero-order valence-electron chi connectivity index (χ0n) is 13.7. The molecule has 0 spiro atoms. The van der Waals surface area contributed by atoms with E-state index in [9.17, 15) is 5.11 Å². The standard InChI is InChI=1S/C16H25N5O/c1-4-6-16(10-22)7-5-8-21(9-16)15-13-12(2)19-20(3)14(13)17-11-18-15/h11,22H,4-10H2,1-3H3/t16-/m0/s1. The average Bonchev–Trinajstić information content (AvgIpc) is 2.83. The van der Waals surface area contributed by atoms with Crippen LogP contribution in [0.1, 0.15) is 38.3 Å². The Morgan fingerprint density at radius 1 is 1.36 bits per heavy atom. The van der Waals surface area contributed by atoms with E-state index in [2.05, 4.69) is 26.9 Å². The van der Waals surface area contributed by atoms with Crippen molar-refractivity contribution in [3.8, 4) is 0 Å². The van der Waals surface area contributed by atoms with Crippen LogP contribution in [0, 0.1) is 12.3 Å². The summed E-state index contributed by atoms with van der Waals surface area (Å²) >= 11 is 0. The first-order chi connectivity index (χ1) is 10.6. The topological polar surface area (TPSA) is 67.1 Å². The molecule has 1 fully saturated rings. The van der Waals surface area contributed by atoms with Gasteiger partial charge in [-0.05, 0) is 26.2 Å². The summed E-state index contributed by atoms with van der Waals surface area (Å²) in [5.74, 6) is 0.962. The lowest BCUT2D eigenvalue weighted by Crippen LogP contribution is -2.45. The van der Waals surface area contributed by atoms with Crippen molar-refractivity contribution in [2.45, 2.75) is 39.5 Å². The number of aryl methyl sites for hydroxylation is 2. The zero-order chi connectivity index (χ0) is 15.7. The second-order valence-electron chi connectivity index (χ2n) is 6.54. The van der Waals surface area contributed by atoms with Gasteiger partial charge in [0, 0.05) is 25.6 Å². The molecule has 0 amide bonds. The van der Waals surface area contributed by atoms with Crippen molar-refractivity contribution >= 4 is 16.9 Å². The van der Waals surface area contributed by atoms with Crippen LogP contribution < -0.4 is 4.90 Å². The molecule has 0 aliphatic carbocycles. The molecule has 0 saturated carbocycles. The highest BCUT2D eigenvalue weighted by Gasteiger charge is 2.35. The highest BCUT2D eigenvalue weighted by Crippen LogP contribution is 2.37. The Labute approximate surface area is 131 Å². The summed E-state index contributed by atoms with van der Waals surface area (Å²) in [6.45, 7) is 6.27. The van der Waals surface area contributed by atoms with Crippen molar-refractivity contribution in [2.24, 2.45) is 12.5 Å². The highest BCUT2D eigenvalue weighted by atomic mass is 16.3. The second kappa shape index (κ2) is 5.83. The van der Waals surface area contributed by atoms with Crippen LogP contribution in [0.4, 0.5) is 5.82 Å². The molecule has 0 bridgehead atoms. The zero-order valence-corrected chi connectivity index (χ0v) is 13.7. The van der Waals surface area contributed by atoms with Crippen molar-refractivity contribution in [2.75, 3.05) is 24.6 Å². The summed E-state index contributed by atoms with van der Waals surface area (Å²) in [5, 5.41) is 15.4. The van der Waals surface area contributed by atoms with Crippen LogP contribution in [-0.2, 0) is 7.05 Å². The number of anilines is 1. The second-order valence-corrected chi connectivity index (χ2v) is 6.54. The van der Waals surface area contributed by atoms with Gasteiger partial charge in [-0.3, -0.25) is 4.68 Å². The SMILES string of the molecule is CCC[C@]1(CO)CCCN(c2ncnc3c2c(C)nn3C)C1. The van der Waals surface area contributed by atoms with E-state index in [1.165, 1.54) is 0 Å². The molecule has 3 heterocycles. The molecule has 22 heavy (non-hydrogen) atoms. The molecule has 120 valence electrons. The highest BCUT2D eigenvalue weighted by molar-refractivity contribution is 5.89. The molecule has 6 nitrogen and oxygen atoms in total. The first kappa shape index (κ1) is 15.2. The monoisotopic (exact) mass is 303 g/mol. The lowest BCUT2D eigenvalue weighted by Gasteiger charge is -2.42. The average molecular weight is 303 g/mol. The third-order valence-corrected chi connectivity index (χ3v) is 4.85. The number of hydrogen-bond acceptors (Lipinski definition) is 5. The van der Waals surface area contributed by atoms with Crippen molar-refractivity contribution in [1.29, 1.82) is 0 Å².